The molecule has 8 heteroatoms. The molecule has 0 aliphatic carbocycles. The van der Waals surface area contributed by atoms with Crippen molar-refractivity contribution in [2.45, 2.75) is 0 Å². The van der Waals surface area contributed by atoms with Gasteiger partial charge in [0.1, 0.15) is 5.75 Å². The fourth-order valence-electron chi connectivity index (χ4n) is 2.54. The third kappa shape index (κ3) is 4.35. The van der Waals surface area contributed by atoms with E-state index in [-0.39, 0.29) is 18.4 Å². The van der Waals surface area contributed by atoms with Crippen molar-refractivity contribution < 1.29 is 18.7 Å². The molecule has 2 aromatic rings. The van der Waals surface area contributed by atoms with E-state index in [1.165, 1.54) is 6.26 Å². The second-order valence-corrected chi connectivity index (χ2v) is 6.80. The number of hydrogen-bond donors (Lipinski definition) is 0. The third-order valence-corrected chi connectivity index (χ3v) is 4.75. The van der Waals surface area contributed by atoms with E-state index in [9.17, 15) is 9.59 Å². The summed E-state index contributed by atoms with van der Waals surface area (Å²) in [6.07, 6.45) is 1.47. The van der Waals surface area contributed by atoms with Crippen LogP contribution in [0.3, 0.4) is 0 Å². The van der Waals surface area contributed by atoms with Gasteiger partial charge in [0.2, 0.25) is 0 Å². The number of benzene rings is 1. The first kappa shape index (κ1) is 17.8. The molecule has 0 spiro atoms. The van der Waals surface area contributed by atoms with Gasteiger partial charge in [-0.2, -0.15) is 0 Å². The van der Waals surface area contributed by atoms with Gasteiger partial charge < -0.3 is 19.0 Å². The molecule has 0 radical (unpaired) electrons. The predicted octanol–water partition coefficient (Wildman–Crippen LogP) is 3.06. The van der Waals surface area contributed by atoms with Crippen LogP contribution in [0.2, 0.25) is 5.02 Å². The Morgan fingerprint density at radius 2 is 1.88 bits per heavy atom. The normalized spacial score (nSPS) is 14.5. The van der Waals surface area contributed by atoms with Crippen LogP contribution in [-0.4, -0.2) is 54.4 Å². The Balaban J connectivity index is 1.49. The van der Waals surface area contributed by atoms with Crippen LogP contribution in [-0.2, 0) is 4.79 Å². The second-order valence-electron chi connectivity index (χ2n) is 5.51. The number of halogens is 2. The van der Waals surface area contributed by atoms with Crippen molar-refractivity contribution in [3.63, 3.8) is 0 Å². The van der Waals surface area contributed by atoms with Gasteiger partial charge in [0.05, 0.1) is 10.7 Å². The molecule has 0 unspecified atom stereocenters. The number of rotatable bonds is 4. The molecule has 132 valence electrons. The number of nitrogens with zero attached hydrogens (tertiary/aromatic N) is 2. The van der Waals surface area contributed by atoms with Crippen LogP contribution in [0.15, 0.2) is 45.5 Å². The van der Waals surface area contributed by atoms with Gasteiger partial charge in [-0.15, -0.1) is 0 Å². The lowest BCUT2D eigenvalue weighted by atomic mass is 10.3. The summed E-state index contributed by atoms with van der Waals surface area (Å²) >= 11 is 9.23. The van der Waals surface area contributed by atoms with Crippen molar-refractivity contribution in [3.8, 4) is 5.75 Å². The van der Waals surface area contributed by atoms with Crippen LogP contribution in [0.1, 0.15) is 10.6 Å². The average molecular weight is 428 g/mol. The quantitative estimate of drug-likeness (QED) is 0.752. The lowest BCUT2D eigenvalue weighted by Gasteiger charge is -2.34. The van der Waals surface area contributed by atoms with Gasteiger partial charge in [-0.25, -0.2) is 0 Å². The van der Waals surface area contributed by atoms with Crippen molar-refractivity contribution in [1.82, 2.24) is 9.80 Å². The maximum absolute atomic E-state index is 12.3. The van der Waals surface area contributed by atoms with Crippen molar-refractivity contribution in [3.05, 3.63) is 51.9 Å². The van der Waals surface area contributed by atoms with E-state index >= 15 is 0 Å². The number of furan rings is 1. The van der Waals surface area contributed by atoms with Gasteiger partial charge in [0, 0.05) is 31.2 Å². The van der Waals surface area contributed by atoms with E-state index in [0.29, 0.717) is 47.2 Å². The Bertz CT molecular complexity index is 758. The largest absolute Gasteiger partial charge is 0.483 e. The van der Waals surface area contributed by atoms with Crippen LogP contribution in [0.5, 0.6) is 5.75 Å². The monoisotopic (exact) mass is 426 g/mol. The van der Waals surface area contributed by atoms with E-state index in [2.05, 4.69) is 15.9 Å². The Labute approximate surface area is 158 Å². The number of carbonyl (C=O) groups is 2. The van der Waals surface area contributed by atoms with Crippen LogP contribution in [0.25, 0.3) is 0 Å². The van der Waals surface area contributed by atoms with Crippen LogP contribution < -0.4 is 4.74 Å². The molecule has 1 aliphatic rings. The smallest absolute Gasteiger partial charge is 0.289 e. The van der Waals surface area contributed by atoms with Crippen LogP contribution in [0, 0.1) is 0 Å². The zero-order valence-corrected chi connectivity index (χ0v) is 15.6. The first-order chi connectivity index (χ1) is 12.0. The highest BCUT2D eigenvalue weighted by Crippen LogP contribution is 2.28. The molecule has 25 heavy (non-hydrogen) atoms. The summed E-state index contributed by atoms with van der Waals surface area (Å²) in [6.45, 7) is 1.81. The molecule has 6 nitrogen and oxygen atoms in total. The van der Waals surface area contributed by atoms with Crippen molar-refractivity contribution in [1.29, 1.82) is 0 Å². The van der Waals surface area contributed by atoms with Gasteiger partial charge in [-0.05, 0) is 46.3 Å². The minimum atomic E-state index is -0.154. The molecule has 0 atom stereocenters. The Hall–Kier alpha value is -1.99. The van der Waals surface area contributed by atoms with Gasteiger partial charge in [-0.3, -0.25) is 9.59 Å². The molecule has 1 aromatic carbocycles. The highest BCUT2D eigenvalue weighted by atomic mass is 79.9. The van der Waals surface area contributed by atoms with Crippen molar-refractivity contribution in [2.75, 3.05) is 32.8 Å². The topological polar surface area (TPSA) is 63.0 Å². The van der Waals surface area contributed by atoms with E-state index in [1.54, 1.807) is 40.1 Å². The zero-order valence-electron chi connectivity index (χ0n) is 13.3. The molecule has 1 fully saturated rings. The molecular formula is C17H16BrClN2O4. The predicted molar refractivity (Wildman–Crippen MR) is 95.8 cm³/mol. The van der Waals surface area contributed by atoms with Gasteiger partial charge in [0.15, 0.2) is 12.4 Å². The van der Waals surface area contributed by atoms with Gasteiger partial charge in [0.25, 0.3) is 11.8 Å². The minimum absolute atomic E-state index is 0.0631. The SMILES string of the molecule is O=C(COc1ccc(Cl)cc1Br)N1CCN(C(=O)c2ccco2)CC1. The summed E-state index contributed by atoms with van der Waals surface area (Å²) in [4.78, 5) is 27.9. The number of ether oxygens (including phenoxy) is 1. The first-order valence-electron chi connectivity index (χ1n) is 7.73. The fraction of sp³-hybridized carbons (Fsp3) is 0.294. The third-order valence-electron chi connectivity index (χ3n) is 3.90. The number of hydrogen-bond acceptors (Lipinski definition) is 4. The zero-order chi connectivity index (χ0) is 17.8. The lowest BCUT2D eigenvalue weighted by molar-refractivity contribution is -0.134. The first-order valence-corrected chi connectivity index (χ1v) is 8.90. The number of piperazine rings is 1. The summed E-state index contributed by atoms with van der Waals surface area (Å²) in [5.41, 5.74) is 0. The van der Waals surface area contributed by atoms with E-state index in [4.69, 9.17) is 20.8 Å². The standard InChI is InChI=1S/C17H16BrClN2O4/c18-13-10-12(19)3-4-14(13)25-11-16(22)20-5-7-21(8-6-20)17(23)15-2-1-9-24-15/h1-4,9-10H,5-8,11H2. The van der Waals surface area contributed by atoms with Crippen molar-refractivity contribution >= 4 is 39.3 Å². The second kappa shape index (κ2) is 7.93. The molecule has 2 heterocycles. The minimum Gasteiger partial charge on any atom is -0.483 e. The molecular weight excluding hydrogens is 412 g/mol. The van der Waals surface area contributed by atoms with Gasteiger partial charge in [-0.1, -0.05) is 11.6 Å². The summed E-state index contributed by atoms with van der Waals surface area (Å²) in [5, 5.41) is 0.586. The van der Waals surface area contributed by atoms with Crippen LogP contribution >= 0.6 is 27.5 Å². The summed E-state index contributed by atoms with van der Waals surface area (Å²) in [5.74, 6) is 0.602. The number of carbonyl (C=O) groups excluding carboxylic acids is 2. The van der Waals surface area contributed by atoms with Crippen LogP contribution in [0.4, 0.5) is 0 Å². The highest BCUT2D eigenvalue weighted by Gasteiger charge is 2.26. The van der Waals surface area contributed by atoms with Gasteiger partial charge >= 0.3 is 0 Å². The summed E-state index contributed by atoms with van der Waals surface area (Å²) in [6, 6.07) is 8.43. The molecule has 0 saturated carbocycles. The maximum atomic E-state index is 12.3. The highest BCUT2D eigenvalue weighted by molar-refractivity contribution is 9.10. The van der Waals surface area contributed by atoms with E-state index in [0.717, 1.165) is 0 Å². The molecule has 1 aromatic heterocycles. The average Bonchev–Trinajstić information content (AvgIpc) is 3.15. The molecule has 3 rings (SSSR count). The Morgan fingerprint density at radius 3 is 2.52 bits per heavy atom. The molecule has 0 bridgehead atoms. The fourth-order valence-corrected chi connectivity index (χ4v) is 3.34. The summed E-state index contributed by atoms with van der Waals surface area (Å²) in [7, 11) is 0. The van der Waals surface area contributed by atoms with Crippen molar-refractivity contribution in [2.24, 2.45) is 0 Å². The molecule has 0 N–H and O–H groups in total. The molecule has 2 amide bonds. The lowest BCUT2D eigenvalue weighted by Crippen LogP contribution is -2.51. The Morgan fingerprint density at radius 1 is 1.16 bits per heavy atom. The Kier molecular flexibility index (Phi) is 5.65. The number of amides is 2. The van der Waals surface area contributed by atoms with E-state index < -0.39 is 0 Å². The molecule has 1 aliphatic heterocycles. The van der Waals surface area contributed by atoms with E-state index in [1.807, 2.05) is 0 Å². The maximum Gasteiger partial charge on any atom is 0.289 e. The molecule has 1 saturated heterocycles. The summed E-state index contributed by atoms with van der Waals surface area (Å²) < 4.78 is 11.4.